The summed E-state index contributed by atoms with van der Waals surface area (Å²) >= 11 is 0. The highest BCUT2D eigenvalue weighted by molar-refractivity contribution is 5.94. The first-order valence-corrected chi connectivity index (χ1v) is 10.7. The maximum Gasteiger partial charge on any atom is 0.256 e. The molecule has 168 valence electrons. The average Bonchev–Trinajstić information content (AvgIpc) is 3.29. The van der Waals surface area contributed by atoms with Gasteiger partial charge in [0.05, 0.1) is 11.0 Å². The Hall–Kier alpha value is -2.39. The highest BCUT2D eigenvalue weighted by Gasteiger charge is 2.43. The molecule has 2 aliphatic rings. The SMILES string of the molecule is COCCC1(c2noc(C3CCOCC3)n2)CCCN(C(=O)c2ccc(F)cc2F)C1. The van der Waals surface area contributed by atoms with E-state index in [0.717, 1.165) is 31.4 Å². The Morgan fingerprint density at radius 2 is 2.13 bits per heavy atom. The Kier molecular flexibility index (Phi) is 6.62. The fourth-order valence-electron chi connectivity index (χ4n) is 4.50. The van der Waals surface area contributed by atoms with Gasteiger partial charge in [0, 0.05) is 52.0 Å². The summed E-state index contributed by atoms with van der Waals surface area (Å²) < 4.78 is 43.8. The number of carbonyl (C=O) groups excluding carboxylic acids is 1. The largest absolute Gasteiger partial charge is 0.385 e. The second-order valence-electron chi connectivity index (χ2n) is 8.32. The molecule has 31 heavy (non-hydrogen) atoms. The monoisotopic (exact) mass is 435 g/mol. The molecule has 0 spiro atoms. The molecule has 2 aromatic rings. The first-order valence-electron chi connectivity index (χ1n) is 10.7. The zero-order chi connectivity index (χ0) is 21.8. The van der Waals surface area contributed by atoms with Crippen LogP contribution in [0.1, 0.15) is 60.1 Å². The lowest BCUT2D eigenvalue weighted by Crippen LogP contribution is -2.49. The van der Waals surface area contributed by atoms with E-state index in [0.29, 0.717) is 57.5 Å². The number of ether oxygens (including phenoxy) is 2. The zero-order valence-corrected chi connectivity index (χ0v) is 17.6. The number of halogens is 2. The third kappa shape index (κ3) is 4.62. The van der Waals surface area contributed by atoms with Gasteiger partial charge in [0.2, 0.25) is 5.89 Å². The summed E-state index contributed by atoms with van der Waals surface area (Å²) in [5, 5.41) is 4.29. The van der Waals surface area contributed by atoms with Crippen LogP contribution < -0.4 is 0 Å². The molecule has 7 nitrogen and oxygen atoms in total. The van der Waals surface area contributed by atoms with Gasteiger partial charge < -0.3 is 18.9 Å². The second kappa shape index (κ2) is 9.40. The molecule has 1 unspecified atom stereocenters. The van der Waals surface area contributed by atoms with Crippen LogP contribution in [0.25, 0.3) is 0 Å². The van der Waals surface area contributed by atoms with Crippen molar-refractivity contribution in [2.24, 2.45) is 0 Å². The number of hydrogen-bond donors (Lipinski definition) is 0. The minimum absolute atomic E-state index is 0.139. The molecule has 1 atom stereocenters. The normalized spacial score (nSPS) is 22.6. The number of rotatable bonds is 6. The lowest BCUT2D eigenvalue weighted by Gasteiger charge is -2.41. The number of piperidine rings is 1. The van der Waals surface area contributed by atoms with Crippen LogP contribution in [0.15, 0.2) is 22.7 Å². The van der Waals surface area contributed by atoms with Gasteiger partial charge in [-0.3, -0.25) is 4.79 Å². The van der Waals surface area contributed by atoms with Gasteiger partial charge in [-0.2, -0.15) is 4.98 Å². The molecule has 1 aromatic heterocycles. The van der Waals surface area contributed by atoms with Crippen LogP contribution in [0, 0.1) is 11.6 Å². The number of nitrogens with zero attached hydrogens (tertiary/aromatic N) is 3. The zero-order valence-electron chi connectivity index (χ0n) is 17.6. The van der Waals surface area contributed by atoms with Crippen molar-refractivity contribution in [2.75, 3.05) is 40.0 Å². The van der Waals surface area contributed by atoms with Gasteiger partial charge in [0.25, 0.3) is 5.91 Å². The van der Waals surface area contributed by atoms with Crippen molar-refractivity contribution in [3.05, 3.63) is 47.1 Å². The predicted molar refractivity (Wildman–Crippen MR) is 107 cm³/mol. The van der Waals surface area contributed by atoms with Crippen molar-refractivity contribution in [3.8, 4) is 0 Å². The Balaban J connectivity index is 1.59. The fraction of sp³-hybridized carbons (Fsp3) is 0.591. The number of carbonyl (C=O) groups is 1. The van der Waals surface area contributed by atoms with E-state index in [-0.39, 0.29) is 11.5 Å². The van der Waals surface area contributed by atoms with Crippen LogP contribution in [0.4, 0.5) is 8.78 Å². The minimum Gasteiger partial charge on any atom is -0.385 e. The van der Waals surface area contributed by atoms with Crippen LogP contribution in [-0.4, -0.2) is 61.0 Å². The molecular formula is C22H27F2N3O4. The van der Waals surface area contributed by atoms with E-state index in [9.17, 15) is 13.6 Å². The highest BCUT2D eigenvalue weighted by atomic mass is 19.1. The van der Waals surface area contributed by atoms with Gasteiger partial charge in [-0.05, 0) is 44.2 Å². The second-order valence-corrected chi connectivity index (χ2v) is 8.32. The quantitative estimate of drug-likeness (QED) is 0.692. The molecule has 1 aromatic carbocycles. The number of methoxy groups -OCH3 is 1. The van der Waals surface area contributed by atoms with Crippen LogP contribution in [-0.2, 0) is 14.9 Å². The van der Waals surface area contributed by atoms with Crippen LogP contribution >= 0.6 is 0 Å². The van der Waals surface area contributed by atoms with Crippen molar-refractivity contribution in [3.63, 3.8) is 0 Å². The predicted octanol–water partition coefficient (Wildman–Crippen LogP) is 3.45. The summed E-state index contributed by atoms with van der Waals surface area (Å²) in [6.45, 7) is 2.60. The first-order chi connectivity index (χ1) is 15.0. The van der Waals surface area contributed by atoms with Crippen molar-refractivity contribution < 1.29 is 27.6 Å². The molecule has 4 rings (SSSR count). The summed E-state index contributed by atoms with van der Waals surface area (Å²) in [5.74, 6) is -0.712. The van der Waals surface area contributed by atoms with Crippen molar-refractivity contribution in [1.82, 2.24) is 15.0 Å². The summed E-state index contributed by atoms with van der Waals surface area (Å²) in [4.78, 5) is 19.4. The van der Waals surface area contributed by atoms with E-state index in [4.69, 9.17) is 19.0 Å². The summed E-state index contributed by atoms with van der Waals surface area (Å²) in [6, 6.07) is 3.02. The molecule has 0 radical (unpaired) electrons. The molecule has 1 amide bonds. The smallest absolute Gasteiger partial charge is 0.256 e. The van der Waals surface area contributed by atoms with Crippen LogP contribution in [0.3, 0.4) is 0 Å². The number of aromatic nitrogens is 2. The van der Waals surface area contributed by atoms with E-state index in [1.165, 1.54) is 6.07 Å². The first kappa shape index (κ1) is 21.8. The van der Waals surface area contributed by atoms with E-state index >= 15 is 0 Å². The third-order valence-electron chi connectivity index (χ3n) is 6.30. The molecule has 9 heteroatoms. The standard InChI is InChI=1S/C22H27F2N3O4/c1-29-12-8-22(21-25-19(31-26-21)15-5-10-30-11-6-15)7-2-9-27(14-22)20(28)17-4-3-16(23)13-18(17)24/h3-4,13,15H,2,5-12,14H2,1H3. The summed E-state index contributed by atoms with van der Waals surface area (Å²) in [6.07, 6.45) is 3.74. The van der Waals surface area contributed by atoms with Crippen LogP contribution in [0.5, 0.6) is 0 Å². The Morgan fingerprint density at radius 1 is 1.32 bits per heavy atom. The average molecular weight is 435 g/mol. The maximum atomic E-state index is 14.2. The van der Waals surface area contributed by atoms with E-state index in [1.807, 2.05) is 0 Å². The summed E-state index contributed by atoms with van der Waals surface area (Å²) in [7, 11) is 1.62. The Labute approximate surface area is 179 Å². The van der Waals surface area contributed by atoms with Crippen LogP contribution in [0.2, 0.25) is 0 Å². The Bertz CT molecular complexity index is 916. The molecule has 0 N–H and O–H groups in total. The minimum atomic E-state index is -0.862. The summed E-state index contributed by atoms with van der Waals surface area (Å²) in [5.41, 5.74) is -0.687. The topological polar surface area (TPSA) is 77.7 Å². The van der Waals surface area contributed by atoms with Gasteiger partial charge in [0.15, 0.2) is 5.82 Å². The fourth-order valence-corrected chi connectivity index (χ4v) is 4.50. The van der Waals surface area contributed by atoms with Gasteiger partial charge >= 0.3 is 0 Å². The lowest BCUT2D eigenvalue weighted by molar-refractivity contribution is 0.0562. The molecule has 2 fully saturated rings. The maximum absolute atomic E-state index is 14.2. The van der Waals surface area contributed by atoms with Gasteiger partial charge in [0.1, 0.15) is 11.6 Å². The molecule has 2 aliphatic heterocycles. The molecular weight excluding hydrogens is 408 g/mol. The molecule has 3 heterocycles. The number of benzene rings is 1. The third-order valence-corrected chi connectivity index (χ3v) is 6.30. The van der Waals surface area contributed by atoms with E-state index in [1.54, 1.807) is 12.0 Å². The van der Waals surface area contributed by atoms with E-state index < -0.39 is 23.0 Å². The molecule has 0 bridgehead atoms. The lowest BCUT2D eigenvalue weighted by atomic mass is 9.76. The van der Waals surface area contributed by atoms with E-state index in [2.05, 4.69) is 5.16 Å². The van der Waals surface area contributed by atoms with Gasteiger partial charge in [-0.25, -0.2) is 8.78 Å². The number of amides is 1. The van der Waals surface area contributed by atoms with Crippen molar-refractivity contribution in [1.29, 1.82) is 0 Å². The van der Waals surface area contributed by atoms with Crippen molar-refractivity contribution >= 4 is 5.91 Å². The molecule has 0 saturated carbocycles. The molecule has 2 saturated heterocycles. The molecule has 0 aliphatic carbocycles. The number of hydrogen-bond acceptors (Lipinski definition) is 6. The van der Waals surface area contributed by atoms with Gasteiger partial charge in [-0.1, -0.05) is 5.16 Å². The van der Waals surface area contributed by atoms with Crippen molar-refractivity contribution in [2.45, 2.75) is 43.4 Å². The van der Waals surface area contributed by atoms with Gasteiger partial charge in [-0.15, -0.1) is 0 Å². The Morgan fingerprint density at radius 3 is 2.87 bits per heavy atom. The highest BCUT2D eigenvalue weighted by Crippen LogP contribution is 2.38. The number of likely N-dealkylation sites (tertiary alicyclic amines) is 1.